The fourth-order valence-electron chi connectivity index (χ4n) is 2.44. The molecule has 0 aromatic heterocycles. The Morgan fingerprint density at radius 3 is 2.30 bits per heavy atom. The van der Waals surface area contributed by atoms with Crippen molar-refractivity contribution in [2.45, 2.75) is 46.1 Å². The summed E-state index contributed by atoms with van der Waals surface area (Å²) in [4.78, 5) is 0. The van der Waals surface area contributed by atoms with Gasteiger partial charge in [0.1, 0.15) is 0 Å². The SMILES string of the molecule is CCCCc1ccc(NC(=S)NC(C)c2ccc(C)cc2)cc1. The minimum Gasteiger partial charge on any atom is -0.356 e. The van der Waals surface area contributed by atoms with Crippen molar-refractivity contribution in [3.05, 3.63) is 65.2 Å². The zero-order valence-corrected chi connectivity index (χ0v) is 15.0. The number of anilines is 1. The van der Waals surface area contributed by atoms with Gasteiger partial charge in [0.15, 0.2) is 5.11 Å². The fraction of sp³-hybridized carbons (Fsp3) is 0.350. The quantitative estimate of drug-likeness (QED) is 0.696. The van der Waals surface area contributed by atoms with Crippen LogP contribution in [0.5, 0.6) is 0 Å². The minimum absolute atomic E-state index is 0.180. The highest BCUT2D eigenvalue weighted by molar-refractivity contribution is 7.80. The predicted octanol–water partition coefficient (Wildman–Crippen LogP) is 5.39. The third kappa shape index (κ3) is 5.68. The van der Waals surface area contributed by atoms with E-state index in [1.807, 2.05) is 0 Å². The molecule has 0 aliphatic heterocycles. The number of hydrogen-bond donors (Lipinski definition) is 2. The van der Waals surface area contributed by atoms with Crippen LogP contribution in [0.2, 0.25) is 0 Å². The number of thiocarbonyl (C=S) groups is 1. The van der Waals surface area contributed by atoms with Crippen LogP contribution >= 0.6 is 12.2 Å². The Morgan fingerprint density at radius 1 is 1.04 bits per heavy atom. The Kier molecular flexibility index (Phi) is 6.60. The van der Waals surface area contributed by atoms with E-state index in [0.717, 1.165) is 12.1 Å². The van der Waals surface area contributed by atoms with Crippen LogP contribution in [0, 0.1) is 6.92 Å². The van der Waals surface area contributed by atoms with Crippen LogP contribution in [-0.2, 0) is 6.42 Å². The standard InChI is InChI=1S/C20H26N2S/c1-4-5-6-17-9-13-19(14-10-17)22-20(23)21-16(3)18-11-7-15(2)8-12-18/h7-14,16H,4-6H2,1-3H3,(H2,21,22,23). The summed E-state index contributed by atoms with van der Waals surface area (Å²) in [6.07, 6.45) is 3.61. The second kappa shape index (κ2) is 8.68. The number of unbranched alkanes of at least 4 members (excludes halogenated alkanes) is 1. The maximum atomic E-state index is 5.42. The van der Waals surface area contributed by atoms with E-state index in [4.69, 9.17) is 12.2 Å². The highest BCUT2D eigenvalue weighted by Crippen LogP contribution is 2.15. The molecule has 2 aromatic carbocycles. The fourth-order valence-corrected chi connectivity index (χ4v) is 2.73. The number of aryl methyl sites for hydroxylation is 2. The van der Waals surface area contributed by atoms with Gasteiger partial charge in [0.2, 0.25) is 0 Å². The van der Waals surface area contributed by atoms with E-state index in [9.17, 15) is 0 Å². The Balaban J connectivity index is 1.87. The van der Waals surface area contributed by atoms with E-state index < -0.39 is 0 Å². The highest BCUT2D eigenvalue weighted by atomic mass is 32.1. The second-order valence-corrected chi connectivity index (χ2v) is 6.44. The van der Waals surface area contributed by atoms with Crippen molar-refractivity contribution in [2.75, 3.05) is 5.32 Å². The topological polar surface area (TPSA) is 24.1 Å². The lowest BCUT2D eigenvalue weighted by Gasteiger charge is -2.17. The van der Waals surface area contributed by atoms with Gasteiger partial charge in [0.05, 0.1) is 6.04 Å². The van der Waals surface area contributed by atoms with Gasteiger partial charge in [0.25, 0.3) is 0 Å². The molecular weight excluding hydrogens is 300 g/mol. The maximum Gasteiger partial charge on any atom is 0.171 e. The first-order valence-electron chi connectivity index (χ1n) is 8.31. The monoisotopic (exact) mass is 326 g/mol. The Bertz CT molecular complexity index is 617. The normalized spacial score (nSPS) is 11.8. The summed E-state index contributed by atoms with van der Waals surface area (Å²) in [5.74, 6) is 0. The largest absolute Gasteiger partial charge is 0.356 e. The van der Waals surface area contributed by atoms with Crippen molar-refractivity contribution in [3.63, 3.8) is 0 Å². The van der Waals surface area contributed by atoms with Crippen LogP contribution in [-0.4, -0.2) is 5.11 Å². The van der Waals surface area contributed by atoms with Crippen LogP contribution in [0.15, 0.2) is 48.5 Å². The van der Waals surface area contributed by atoms with E-state index in [0.29, 0.717) is 5.11 Å². The van der Waals surface area contributed by atoms with Gasteiger partial charge in [-0.25, -0.2) is 0 Å². The first-order chi connectivity index (χ1) is 11.1. The first-order valence-corrected chi connectivity index (χ1v) is 8.72. The van der Waals surface area contributed by atoms with Gasteiger partial charge < -0.3 is 10.6 Å². The Hall–Kier alpha value is -1.87. The molecule has 2 nitrogen and oxygen atoms in total. The molecule has 0 saturated heterocycles. The molecule has 0 bridgehead atoms. The Labute approximate surface area is 145 Å². The second-order valence-electron chi connectivity index (χ2n) is 6.03. The average molecular weight is 327 g/mol. The maximum absolute atomic E-state index is 5.42. The molecule has 2 N–H and O–H groups in total. The van der Waals surface area contributed by atoms with Crippen LogP contribution in [0.1, 0.15) is 49.4 Å². The summed E-state index contributed by atoms with van der Waals surface area (Å²) < 4.78 is 0. The molecule has 1 unspecified atom stereocenters. The molecule has 2 aromatic rings. The lowest BCUT2D eigenvalue weighted by atomic mass is 10.1. The summed E-state index contributed by atoms with van der Waals surface area (Å²) in [7, 11) is 0. The van der Waals surface area contributed by atoms with Crippen LogP contribution in [0.3, 0.4) is 0 Å². The van der Waals surface area contributed by atoms with Crippen molar-refractivity contribution >= 4 is 23.0 Å². The molecule has 0 aliphatic rings. The van der Waals surface area contributed by atoms with E-state index in [2.05, 4.69) is 79.9 Å². The zero-order chi connectivity index (χ0) is 16.7. The molecule has 2 rings (SSSR count). The zero-order valence-electron chi connectivity index (χ0n) is 14.2. The molecule has 122 valence electrons. The molecule has 0 spiro atoms. The predicted molar refractivity (Wildman–Crippen MR) is 104 cm³/mol. The van der Waals surface area contributed by atoms with Crippen molar-refractivity contribution < 1.29 is 0 Å². The number of rotatable bonds is 6. The summed E-state index contributed by atoms with van der Waals surface area (Å²) in [6, 6.07) is 17.2. The minimum atomic E-state index is 0.180. The molecule has 1 atom stereocenters. The van der Waals surface area contributed by atoms with Crippen molar-refractivity contribution in [1.29, 1.82) is 0 Å². The van der Waals surface area contributed by atoms with Crippen LogP contribution in [0.4, 0.5) is 5.69 Å². The molecule has 0 radical (unpaired) electrons. The van der Waals surface area contributed by atoms with E-state index in [-0.39, 0.29) is 6.04 Å². The molecule has 0 aliphatic carbocycles. The lowest BCUT2D eigenvalue weighted by Crippen LogP contribution is -2.30. The van der Waals surface area contributed by atoms with E-state index >= 15 is 0 Å². The van der Waals surface area contributed by atoms with E-state index in [1.165, 1.54) is 29.5 Å². The van der Waals surface area contributed by atoms with Gasteiger partial charge in [0, 0.05) is 5.69 Å². The number of nitrogens with one attached hydrogen (secondary N) is 2. The van der Waals surface area contributed by atoms with Gasteiger partial charge in [-0.2, -0.15) is 0 Å². The molecule has 0 amide bonds. The molecule has 3 heteroatoms. The molecule has 0 heterocycles. The summed E-state index contributed by atoms with van der Waals surface area (Å²) in [5.41, 5.74) is 4.91. The smallest absolute Gasteiger partial charge is 0.171 e. The number of benzene rings is 2. The summed E-state index contributed by atoms with van der Waals surface area (Å²) in [6.45, 7) is 6.43. The lowest BCUT2D eigenvalue weighted by molar-refractivity contribution is 0.722. The summed E-state index contributed by atoms with van der Waals surface area (Å²) >= 11 is 5.42. The summed E-state index contributed by atoms with van der Waals surface area (Å²) in [5, 5.41) is 7.24. The molecule has 0 fully saturated rings. The van der Waals surface area contributed by atoms with Crippen molar-refractivity contribution in [1.82, 2.24) is 5.32 Å². The molecule has 0 saturated carbocycles. The van der Waals surface area contributed by atoms with Crippen LogP contribution < -0.4 is 10.6 Å². The van der Waals surface area contributed by atoms with Gasteiger partial charge in [-0.15, -0.1) is 0 Å². The Morgan fingerprint density at radius 2 is 1.70 bits per heavy atom. The van der Waals surface area contributed by atoms with Crippen molar-refractivity contribution in [3.8, 4) is 0 Å². The average Bonchev–Trinajstić information content (AvgIpc) is 2.54. The third-order valence-electron chi connectivity index (χ3n) is 3.96. The third-order valence-corrected chi connectivity index (χ3v) is 4.18. The van der Waals surface area contributed by atoms with Crippen LogP contribution in [0.25, 0.3) is 0 Å². The molecule has 23 heavy (non-hydrogen) atoms. The van der Waals surface area contributed by atoms with Gasteiger partial charge in [-0.1, -0.05) is 55.3 Å². The van der Waals surface area contributed by atoms with E-state index in [1.54, 1.807) is 0 Å². The van der Waals surface area contributed by atoms with Crippen molar-refractivity contribution in [2.24, 2.45) is 0 Å². The van der Waals surface area contributed by atoms with Gasteiger partial charge in [-0.05, 0) is 62.2 Å². The first kappa shape index (κ1) is 17.5. The molecular formula is C20H26N2S. The highest BCUT2D eigenvalue weighted by Gasteiger charge is 2.07. The number of hydrogen-bond acceptors (Lipinski definition) is 1. The van der Waals surface area contributed by atoms with Gasteiger partial charge >= 0.3 is 0 Å². The van der Waals surface area contributed by atoms with Gasteiger partial charge in [-0.3, -0.25) is 0 Å².